The number of carbonyl (C=O) groups excluding carboxylic acids is 1. The zero-order valence-electron chi connectivity index (χ0n) is 19.3. The molecule has 1 amide bonds. The Balaban J connectivity index is 1.24. The van der Waals surface area contributed by atoms with Crippen molar-refractivity contribution >= 4 is 11.7 Å². The van der Waals surface area contributed by atoms with E-state index >= 15 is 0 Å². The number of anilines is 1. The molecule has 1 saturated heterocycles. The number of hydrogen-bond acceptors (Lipinski definition) is 7. The summed E-state index contributed by atoms with van der Waals surface area (Å²) in [5, 5.41) is 11.3. The molecule has 8 heteroatoms. The quantitative estimate of drug-likeness (QED) is 0.552. The van der Waals surface area contributed by atoms with E-state index in [0.717, 1.165) is 35.8 Å². The topological polar surface area (TPSA) is 89.5 Å². The molecule has 34 heavy (non-hydrogen) atoms. The predicted octanol–water partition coefficient (Wildman–Crippen LogP) is 3.48. The van der Waals surface area contributed by atoms with E-state index < -0.39 is 0 Å². The van der Waals surface area contributed by atoms with Gasteiger partial charge in [-0.25, -0.2) is 4.98 Å². The van der Waals surface area contributed by atoms with Crippen LogP contribution in [0.5, 0.6) is 5.75 Å². The maximum Gasteiger partial charge on any atom is 0.253 e. The Hall–Kier alpha value is -3.52. The smallest absolute Gasteiger partial charge is 0.253 e. The van der Waals surface area contributed by atoms with Gasteiger partial charge < -0.3 is 19.7 Å². The summed E-state index contributed by atoms with van der Waals surface area (Å²) >= 11 is 0. The highest BCUT2D eigenvalue weighted by Crippen LogP contribution is 2.30. The number of benzene rings is 1. The number of hydrogen-bond donors (Lipinski definition) is 1. The fourth-order valence-corrected chi connectivity index (χ4v) is 4.00. The molecule has 1 atom stereocenters. The van der Waals surface area contributed by atoms with Crippen LogP contribution < -0.4 is 15.0 Å². The highest BCUT2D eigenvalue weighted by molar-refractivity contribution is 5.94. The number of ether oxygens (including phenoxy) is 2. The number of morpholine rings is 1. The first-order valence-electron chi connectivity index (χ1n) is 11.8. The Labute approximate surface area is 199 Å². The van der Waals surface area contributed by atoms with Crippen molar-refractivity contribution in [3.05, 3.63) is 66.0 Å². The first kappa shape index (κ1) is 22.3. The van der Waals surface area contributed by atoms with Crippen LogP contribution in [0.1, 0.15) is 35.7 Å². The van der Waals surface area contributed by atoms with Crippen molar-refractivity contribution in [2.24, 2.45) is 5.92 Å². The molecule has 1 aliphatic carbocycles. The van der Waals surface area contributed by atoms with Crippen LogP contribution in [0.15, 0.2) is 54.9 Å². The normalized spacial score (nSPS) is 17.9. The number of rotatable bonds is 8. The third-order valence-electron chi connectivity index (χ3n) is 6.20. The van der Waals surface area contributed by atoms with Gasteiger partial charge in [-0.1, -0.05) is 6.07 Å². The molecule has 3 heterocycles. The summed E-state index contributed by atoms with van der Waals surface area (Å²) in [6, 6.07) is 13.6. The fourth-order valence-electron chi connectivity index (χ4n) is 4.00. The lowest BCUT2D eigenvalue weighted by molar-refractivity contribution is 0.0948. The standard InChI is InChI=1S/C26H29N5O3/c1-18-16-33-12-11-31(18)25-21(3-2-10-27-25)14-28-26(32)22-13-24(30-29-15-22)20-6-8-23(9-7-20)34-17-19-4-5-19/h2-3,6-10,13,15,18-19H,4-5,11-12,14,16-17H2,1H3,(H,28,32). The van der Waals surface area contributed by atoms with Crippen molar-refractivity contribution in [2.45, 2.75) is 32.4 Å². The van der Waals surface area contributed by atoms with Crippen LogP contribution in [-0.2, 0) is 11.3 Å². The molecule has 2 aromatic heterocycles. The lowest BCUT2D eigenvalue weighted by atomic mass is 10.1. The average molecular weight is 460 g/mol. The van der Waals surface area contributed by atoms with Crippen molar-refractivity contribution in [1.29, 1.82) is 0 Å². The molecule has 1 aromatic carbocycles. The van der Waals surface area contributed by atoms with Gasteiger partial charge in [0.05, 0.1) is 43.3 Å². The van der Waals surface area contributed by atoms with Gasteiger partial charge in [0.25, 0.3) is 5.91 Å². The Morgan fingerprint density at radius 3 is 2.88 bits per heavy atom. The molecule has 0 spiro atoms. The summed E-state index contributed by atoms with van der Waals surface area (Å²) in [4.78, 5) is 19.7. The lowest BCUT2D eigenvalue weighted by Gasteiger charge is -2.35. The first-order chi connectivity index (χ1) is 16.7. The van der Waals surface area contributed by atoms with E-state index in [9.17, 15) is 4.79 Å². The highest BCUT2D eigenvalue weighted by atomic mass is 16.5. The maximum atomic E-state index is 12.9. The second-order valence-corrected chi connectivity index (χ2v) is 8.89. The second-order valence-electron chi connectivity index (χ2n) is 8.89. The van der Waals surface area contributed by atoms with Gasteiger partial charge >= 0.3 is 0 Å². The third-order valence-corrected chi connectivity index (χ3v) is 6.20. The number of aromatic nitrogens is 3. The second kappa shape index (κ2) is 10.2. The number of nitrogens with one attached hydrogen (secondary N) is 1. The first-order valence-corrected chi connectivity index (χ1v) is 11.8. The van der Waals surface area contributed by atoms with Gasteiger partial charge in [0.2, 0.25) is 0 Å². The fraction of sp³-hybridized carbons (Fsp3) is 0.385. The maximum absolute atomic E-state index is 12.9. The van der Waals surface area contributed by atoms with Crippen molar-refractivity contribution in [3.8, 4) is 17.0 Å². The van der Waals surface area contributed by atoms with E-state index in [1.165, 1.54) is 19.0 Å². The number of carbonyl (C=O) groups is 1. The highest BCUT2D eigenvalue weighted by Gasteiger charge is 2.23. The molecule has 0 radical (unpaired) electrons. The zero-order valence-corrected chi connectivity index (χ0v) is 19.3. The van der Waals surface area contributed by atoms with E-state index in [0.29, 0.717) is 36.9 Å². The van der Waals surface area contributed by atoms with Gasteiger partial charge in [-0.05, 0) is 62.1 Å². The van der Waals surface area contributed by atoms with Crippen molar-refractivity contribution in [2.75, 3.05) is 31.3 Å². The number of nitrogens with zero attached hydrogens (tertiary/aromatic N) is 4. The molecule has 1 saturated carbocycles. The molecular formula is C26H29N5O3. The van der Waals surface area contributed by atoms with Gasteiger partial charge in [-0.3, -0.25) is 4.79 Å². The molecule has 2 aliphatic rings. The Kier molecular flexibility index (Phi) is 6.67. The SMILES string of the molecule is CC1COCCN1c1ncccc1CNC(=O)c1cnnc(-c2ccc(OCC3CC3)cc2)c1. The minimum Gasteiger partial charge on any atom is -0.493 e. The van der Waals surface area contributed by atoms with Crippen molar-refractivity contribution in [3.63, 3.8) is 0 Å². The molecule has 1 unspecified atom stereocenters. The lowest BCUT2D eigenvalue weighted by Crippen LogP contribution is -2.44. The van der Waals surface area contributed by atoms with Crippen LogP contribution >= 0.6 is 0 Å². The molecule has 5 rings (SSSR count). The van der Waals surface area contributed by atoms with Gasteiger partial charge in [-0.15, -0.1) is 0 Å². The van der Waals surface area contributed by atoms with E-state index in [2.05, 4.69) is 32.3 Å². The molecule has 8 nitrogen and oxygen atoms in total. The van der Waals surface area contributed by atoms with Crippen LogP contribution in [0.3, 0.4) is 0 Å². The van der Waals surface area contributed by atoms with Crippen LogP contribution in [0.4, 0.5) is 5.82 Å². The van der Waals surface area contributed by atoms with Gasteiger partial charge in [0.15, 0.2) is 0 Å². The Bertz CT molecular complexity index is 1130. The summed E-state index contributed by atoms with van der Waals surface area (Å²) in [5.74, 6) is 2.24. The van der Waals surface area contributed by atoms with E-state index in [4.69, 9.17) is 9.47 Å². The summed E-state index contributed by atoms with van der Waals surface area (Å²) in [7, 11) is 0. The molecule has 176 valence electrons. The Morgan fingerprint density at radius 1 is 1.24 bits per heavy atom. The van der Waals surface area contributed by atoms with Gasteiger partial charge in [0, 0.05) is 30.4 Å². The van der Waals surface area contributed by atoms with Crippen LogP contribution in [-0.4, -0.2) is 53.5 Å². The van der Waals surface area contributed by atoms with E-state index in [1.807, 2.05) is 36.4 Å². The van der Waals surface area contributed by atoms with Gasteiger partial charge in [-0.2, -0.15) is 10.2 Å². The van der Waals surface area contributed by atoms with Crippen molar-refractivity contribution < 1.29 is 14.3 Å². The minimum absolute atomic E-state index is 0.203. The van der Waals surface area contributed by atoms with Gasteiger partial charge in [0.1, 0.15) is 11.6 Å². The average Bonchev–Trinajstić information content (AvgIpc) is 3.72. The Morgan fingerprint density at radius 2 is 2.09 bits per heavy atom. The number of pyridine rings is 1. The molecule has 0 bridgehead atoms. The summed E-state index contributed by atoms with van der Waals surface area (Å²) < 4.78 is 11.3. The molecule has 1 aliphatic heterocycles. The number of amides is 1. The van der Waals surface area contributed by atoms with E-state index in [1.54, 1.807) is 12.3 Å². The van der Waals surface area contributed by atoms with Crippen LogP contribution in [0.25, 0.3) is 11.3 Å². The minimum atomic E-state index is -0.203. The summed E-state index contributed by atoms with van der Waals surface area (Å²) in [5.41, 5.74) is 2.96. The third kappa shape index (κ3) is 5.34. The van der Waals surface area contributed by atoms with Crippen LogP contribution in [0, 0.1) is 5.92 Å². The molecule has 1 N–H and O–H groups in total. The monoisotopic (exact) mass is 459 g/mol. The zero-order chi connectivity index (χ0) is 23.3. The molecular weight excluding hydrogens is 430 g/mol. The molecule has 3 aromatic rings. The summed E-state index contributed by atoms with van der Waals surface area (Å²) in [6.07, 6.45) is 5.79. The summed E-state index contributed by atoms with van der Waals surface area (Å²) in [6.45, 7) is 5.38. The van der Waals surface area contributed by atoms with E-state index in [-0.39, 0.29) is 11.9 Å². The molecule has 2 fully saturated rings. The predicted molar refractivity (Wildman–Crippen MR) is 129 cm³/mol. The van der Waals surface area contributed by atoms with Crippen LogP contribution in [0.2, 0.25) is 0 Å². The van der Waals surface area contributed by atoms with Crippen molar-refractivity contribution in [1.82, 2.24) is 20.5 Å². The largest absolute Gasteiger partial charge is 0.493 e.